The van der Waals surface area contributed by atoms with Crippen LogP contribution in [-0.4, -0.2) is 29.6 Å². The molecule has 0 aromatic heterocycles. The Bertz CT molecular complexity index is 535. The van der Waals surface area contributed by atoms with E-state index in [9.17, 15) is 14.7 Å². The van der Waals surface area contributed by atoms with Crippen molar-refractivity contribution < 1.29 is 19.4 Å². The fourth-order valence-corrected chi connectivity index (χ4v) is 4.23. The van der Waals surface area contributed by atoms with Crippen LogP contribution >= 0.6 is 0 Å². The number of esters is 1. The second-order valence-electron chi connectivity index (χ2n) is 9.63. The molecule has 0 unspecified atom stereocenters. The van der Waals surface area contributed by atoms with E-state index in [1.54, 1.807) is 0 Å². The van der Waals surface area contributed by atoms with Gasteiger partial charge in [-0.1, -0.05) is 77.9 Å². The van der Waals surface area contributed by atoms with Crippen LogP contribution in [0.3, 0.4) is 0 Å². The van der Waals surface area contributed by atoms with Crippen LogP contribution in [-0.2, 0) is 14.3 Å². The van der Waals surface area contributed by atoms with Gasteiger partial charge in [-0.2, -0.15) is 0 Å². The molecule has 1 N–H and O–H groups in total. The molecule has 0 heterocycles. The van der Waals surface area contributed by atoms with Crippen molar-refractivity contribution in [3.8, 4) is 0 Å². The molecule has 0 aliphatic heterocycles. The molecule has 0 amide bonds. The van der Waals surface area contributed by atoms with Crippen LogP contribution in [0.5, 0.6) is 0 Å². The number of Topliss-reactive ketones (excluding diaryl/α,β-unsaturated/α-hetero) is 1. The maximum Gasteiger partial charge on any atom is 0.305 e. The molecular formula is C26H46O4. The van der Waals surface area contributed by atoms with E-state index in [0.717, 1.165) is 77.0 Å². The minimum absolute atomic E-state index is 0.0774. The van der Waals surface area contributed by atoms with Crippen LogP contribution in [0.25, 0.3) is 0 Å². The van der Waals surface area contributed by atoms with Crippen LogP contribution in [0.1, 0.15) is 118 Å². The van der Waals surface area contributed by atoms with Crippen molar-refractivity contribution in [3.63, 3.8) is 0 Å². The highest BCUT2D eigenvalue weighted by Crippen LogP contribution is 2.36. The van der Waals surface area contributed by atoms with Gasteiger partial charge in [-0.05, 0) is 38.5 Å². The van der Waals surface area contributed by atoms with Gasteiger partial charge in [0, 0.05) is 24.2 Å². The summed E-state index contributed by atoms with van der Waals surface area (Å²) in [6.45, 7) is 8.91. The number of carbonyl (C=O) groups is 2. The average molecular weight is 423 g/mol. The molecule has 4 heteroatoms. The van der Waals surface area contributed by atoms with Gasteiger partial charge in [0.1, 0.15) is 5.78 Å². The second-order valence-corrected chi connectivity index (χ2v) is 9.63. The van der Waals surface area contributed by atoms with Crippen LogP contribution < -0.4 is 0 Å². The number of rotatable bonds is 16. The van der Waals surface area contributed by atoms with E-state index in [1.807, 2.05) is 0 Å². The minimum atomic E-state index is -0.270. The molecule has 0 aromatic rings. The fraction of sp³-hybridized carbons (Fsp3) is 0.846. The highest BCUT2D eigenvalue weighted by atomic mass is 16.5. The lowest BCUT2D eigenvalue weighted by Crippen LogP contribution is -2.23. The number of hydrogen-bond donors (Lipinski definition) is 1. The molecule has 1 aliphatic carbocycles. The van der Waals surface area contributed by atoms with Crippen molar-refractivity contribution in [1.82, 2.24) is 0 Å². The Morgan fingerprint density at radius 3 is 2.47 bits per heavy atom. The van der Waals surface area contributed by atoms with Crippen molar-refractivity contribution in [3.05, 3.63) is 11.6 Å². The summed E-state index contributed by atoms with van der Waals surface area (Å²) in [5, 5.41) is 10.4. The highest BCUT2D eigenvalue weighted by Gasteiger charge is 2.30. The Hall–Kier alpha value is -1.16. The van der Waals surface area contributed by atoms with Crippen molar-refractivity contribution in [1.29, 1.82) is 0 Å². The van der Waals surface area contributed by atoms with Gasteiger partial charge in [-0.3, -0.25) is 9.59 Å². The van der Waals surface area contributed by atoms with E-state index >= 15 is 0 Å². The molecule has 2 atom stereocenters. The molecule has 174 valence electrons. The maximum absolute atomic E-state index is 12.6. The van der Waals surface area contributed by atoms with Gasteiger partial charge < -0.3 is 9.84 Å². The fourth-order valence-electron chi connectivity index (χ4n) is 4.23. The van der Waals surface area contributed by atoms with Gasteiger partial charge in [0.05, 0.1) is 12.7 Å². The van der Waals surface area contributed by atoms with Crippen molar-refractivity contribution in [2.24, 2.45) is 11.3 Å². The van der Waals surface area contributed by atoms with Crippen LogP contribution in [0, 0.1) is 11.3 Å². The molecular weight excluding hydrogens is 376 g/mol. The second kappa shape index (κ2) is 14.8. The van der Waals surface area contributed by atoms with Crippen molar-refractivity contribution in [2.45, 2.75) is 124 Å². The van der Waals surface area contributed by atoms with E-state index in [-0.39, 0.29) is 23.4 Å². The monoisotopic (exact) mass is 422 g/mol. The van der Waals surface area contributed by atoms with Crippen LogP contribution in [0.15, 0.2) is 11.6 Å². The number of hydrogen-bond acceptors (Lipinski definition) is 4. The van der Waals surface area contributed by atoms with Crippen LogP contribution in [0.4, 0.5) is 0 Å². The lowest BCUT2D eigenvalue weighted by Gasteiger charge is -2.22. The quantitative estimate of drug-likeness (QED) is 0.174. The lowest BCUT2D eigenvalue weighted by atomic mass is 9.81. The molecule has 4 nitrogen and oxygen atoms in total. The van der Waals surface area contributed by atoms with Crippen LogP contribution in [0.2, 0.25) is 0 Å². The third-order valence-corrected chi connectivity index (χ3v) is 6.54. The smallest absolute Gasteiger partial charge is 0.305 e. The molecule has 1 aliphatic rings. The highest BCUT2D eigenvalue weighted by molar-refractivity contribution is 5.85. The first-order chi connectivity index (χ1) is 14.3. The number of ether oxygens (including phenoxy) is 1. The Balaban J connectivity index is 2.32. The summed E-state index contributed by atoms with van der Waals surface area (Å²) in [6.07, 6.45) is 14.7. The Morgan fingerprint density at radius 2 is 1.77 bits per heavy atom. The van der Waals surface area contributed by atoms with Gasteiger partial charge in [0.25, 0.3) is 0 Å². The van der Waals surface area contributed by atoms with Crippen molar-refractivity contribution in [2.75, 3.05) is 6.61 Å². The molecule has 1 saturated carbocycles. The zero-order chi connectivity index (χ0) is 22.4. The summed E-state index contributed by atoms with van der Waals surface area (Å²) in [4.78, 5) is 24.3. The zero-order valence-electron chi connectivity index (χ0n) is 20.0. The maximum atomic E-state index is 12.6. The first kappa shape index (κ1) is 26.9. The van der Waals surface area contributed by atoms with E-state index in [4.69, 9.17) is 4.74 Å². The largest absolute Gasteiger partial charge is 0.466 e. The first-order valence-electron chi connectivity index (χ1n) is 12.4. The lowest BCUT2D eigenvalue weighted by molar-refractivity contribution is -0.143. The molecule has 1 fully saturated rings. The average Bonchev–Trinajstić information content (AvgIpc) is 3.06. The summed E-state index contributed by atoms with van der Waals surface area (Å²) in [7, 11) is 0. The first-order valence-corrected chi connectivity index (χ1v) is 12.4. The Labute approximate surface area is 184 Å². The molecule has 0 saturated heterocycles. The third-order valence-electron chi connectivity index (χ3n) is 6.54. The van der Waals surface area contributed by atoms with E-state index in [0.29, 0.717) is 25.2 Å². The van der Waals surface area contributed by atoms with E-state index in [2.05, 4.69) is 33.8 Å². The van der Waals surface area contributed by atoms with Gasteiger partial charge in [0.15, 0.2) is 0 Å². The predicted molar refractivity (Wildman–Crippen MR) is 123 cm³/mol. The van der Waals surface area contributed by atoms with E-state index < -0.39 is 0 Å². The number of aliphatic hydroxyl groups excluding tert-OH is 1. The summed E-state index contributed by atoms with van der Waals surface area (Å²) >= 11 is 0. The third kappa shape index (κ3) is 10.2. The summed E-state index contributed by atoms with van der Waals surface area (Å²) < 4.78 is 5.18. The number of allylic oxidation sites excluding steroid dienone is 1. The number of aliphatic hydroxyl groups is 1. The normalized spacial score (nSPS) is 20.6. The SMILES string of the molecule is CCCCOC(=O)CCCCCC[C@@H]1C(=CCC(=O)C(C)(C)CCCC)CC[C@@H]1O. The molecule has 0 radical (unpaired) electrons. The van der Waals surface area contributed by atoms with E-state index in [1.165, 1.54) is 5.57 Å². The zero-order valence-corrected chi connectivity index (χ0v) is 20.0. The molecule has 1 rings (SSSR count). The topological polar surface area (TPSA) is 63.6 Å². The number of ketones is 1. The minimum Gasteiger partial charge on any atom is -0.466 e. The van der Waals surface area contributed by atoms with Gasteiger partial charge in [-0.25, -0.2) is 0 Å². The molecule has 0 spiro atoms. The number of carbonyl (C=O) groups excluding carboxylic acids is 2. The summed E-state index contributed by atoms with van der Waals surface area (Å²) in [6, 6.07) is 0. The van der Waals surface area contributed by atoms with Gasteiger partial charge in [-0.15, -0.1) is 0 Å². The van der Waals surface area contributed by atoms with Gasteiger partial charge in [0.2, 0.25) is 0 Å². The van der Waals surface area contributed by atoms with Crippen molar-refractivity contribution >= 4 is 11.8 Å². The Morgan fingerprint density at radius 1 is 1.07 bits per heavy atom. The molecule has 30 heavy (non-hydrogen) atoms. The molecule has 0 aromatic carbocycles. The standard InChI is InChI=1S/C26H46O4/c1-5-7-19-26(3,4)24(28)18-16-21-15-17-23(27)22(21)13-11-9-10-12-14-25(29)30-20-8-6-2/h16,22-23,27H,5-15,17-20H2,1-4H3/t22-,23+/m1/s1. The summed E-state index contributed by atoms with van der Waals surface area (Å²) in [5.41, 5.74) is 1.03. The predicted octanol–water partition coefficient (Wildman–Crippen LogP) is 6.54. The Kier molecular flexibility index (Phi) is 13.2. The van der Waals surface area contributed by atoms with Gasteiger partial charge >= 0.3 is 5.97 Å². The number of unbranched alkanes of at least 4 members (excludes halogenated alkanes) is 5. The summed E-state index contributed by atoms with van der Waals surface area (Å²) in [5.74, 6) is 0.441. The molecule has 0 bridgehead atoms.